The lowest BCUT2D eigenvalue weighted by molar-refractivity contribution is -0.0401. The van der Waals surface area contributed by atoms with Crippen LogP contribution in [0.5, 0.6) is 5.75 Å². The summed E-state index contributed by atoms with van der Waals surface area (Å²) in [4.78, 5) is 40.8. The first kappa shape index (κ1) is 23.2. The van der Waals surface area contributed by atoms with Gasteiger partial charge in [-0.25, -0.2) is 4.98 Å². The number of aromatic nitrogens is 2. The van der Waals surface area contributed by atoms with Gasteiger partial charge < -0.3 is 19.3 Å². The maximum atomic E-state index is 13.1. The third-order valence-corrected chi connectivity index (χ3v) is 6.55. The van der Waals surface area contributed by atoms with Gasteiger partial charge >= 0.3 is 0 Å². The van der Waals surface area contributed by atoms with Crippen molar-refractivity contribution in [2.75, 3.05) is 59.5 Å². The van der Waals surface area contributed by atoms with Gasteiger partial charge in [0.2, 0.25) is 0 Å². The van der Waals surface area contributed by atoms with E-state index >= 15 is 0 Å². The molecule has 2 aromatic carbocycles. The molecule has 3 heterocycles. The van der Waals surface area contributed by atoms with Crippen molar-refractivity contribution < 1.29 is 19.1 Å². The van der Waals surface area contributed by atoms with Gasteiger partial charge in [-0.1, -0.05) is 12.1 Å². The average Bonchev–Trinajstić information content (AvgIpc) is 2.92. The maximum Gasteiger partial charge on any atom is 0.274 e. The van der Waals surface area contributed by atoms with Gasteiger partial charge in [0.1, 0.15) is 11.4 Å². The number of piperazine rings is 1. The molecule has 2 fully saturated rings. The summed E-state index contributed by atoms with van der Waals surface area (Å²) in [6.45, 7) is 5.12. The van der Waals surface area contributed by atoms with E-state index in [-0.39, 0.29) is 17.9 Å². The lowest BCUT2D eigenvalue weighted by atomic mass is 10.1. The van der Waals surface area contributed by atoms with Crippen LogP contribution in [0, 0.1) is 0 Å². The highest BCUT2D eigenvalue weighted by Gasteiger charge is 2.29. The Balaban J connectivity index is 1.14. The Morgan fingerprint density at radius 1 is 0.943 bits per heavy atom. The second-order valence-corrected chi connectivity index (χ2v) is 8.81. The number of carbonyl (C=O) groups excluding carboxylic acids is 2. The summed E-state index contributed by atoms with van der Waals surface area (Å²) in [6, 6.07) is 14.7. The second-order valence-electron chi connectivity index (χ2n) is 8.81. The third-order valence-electron chi connectivity index (χ3n) is 6.55. The summed E-state index contributed by atoms with van der Waals surface area (Å²) in [5.41, 5.74) is 2.51. The summed E-state index contributed by atoms with van der Waals surface area (Å²) >= 11 is 0. The van der Waals surface area contributed by atoms with Crippen molar-refractivity contribution >= 4 is 22.8 Å². The van der Waals surface area contributed by atoms with Crippen molar-refractivity contribution in [1.29, 1.82) is 0 Å². The van der Waals surface area contributed by atoms with Gasteiger partial charge in [-0.2, -0.15) is 0 Å². The summed E-state index contributed by atoms with van der Waals surface area (Å²) in [6.07, 6.45) is 1.47. The van der Waals surface area contributed by atoms with Crippen LogP contribution in [-0.4, -0.2) is 102 Å². The number of benzene rings is 2. The van der Waals surface area contributed by atoms with Gasteiger partial charge in [-0.05, 0) is 36.4 Å². The van der Waals surface area contributed by atoms with Crippen LogP contribution in [-0.2, 0) is 4.74 Å². The summed E-state index contributed by atoms with van der Waals surface area (Å²) in [5.74, 6) is 0.653. The van der Waals surface area contributed by atoms with E-state index in [4.69, 9.17) is 9.47 Å². The Morgan fingerprint density at radius 2 is 1.69 bits per heavy atom. The minimum absolute atomic E-state index is 0.0366. The first-order valence-electron chi connectivity index (χ1n) is 11.9. The zero-order chi connectivity index (χ0) is 24.2. The van der Waals surface area contributed by atoms with Gasteiger partial charge in [0.05, 0.1) is 37.1 Å². The van der Waals surface area contributed by atoms with Gasteiger partial charge in [0.25, 0.3) is 11.8 Å². The molecule has 0 unspecified atom stereocenters. The molecule has 1 atom stereocenters. The van der Waals surface area contributed by atoms with E-state index in [0.29, 0.717) is 49.6 Å². The molecular formula is C26H29N5O4. The summed E-state index contributed by atoms with van der Waals surface area (Å²) < 4.78 is 11.1. The molecule has 2 aliphatic heterocycles. The van der Waals surface area contributed by atoms with E-state index in [1.807, 2.05) is 29.2 Å². The molecule has 0 N–H and O–H groups in total. The van der Waals surface area contributed by atoms with Crippen molar-refractivity contribution in [3.63, 3.8) is 0 Å². The fourth-order valence-electron chi connectivity index (χ4n) is 4.57. The number of rotatable bonds is 5. The van der Waals surface area contributed by atoms with Crippen LogP contribution in [0.4, 0.5) is 0 Å². The monoisotopic (exact) mass is 475 g/mol. The van der Waals surface area contributed by atoms with Crippen molar-refractivity contribution in [3.05, 3.63) is 66.0 Å². The molecule has 1 aromatic heterocycles. The predicted octanol–water partition coefficient (Wildman–Crippen LogP) is 1.94. The quantitative estimate of drug-likeness (QED) is 0.557. The highest BCUT2D eigenvalue weighted by molar-refractivity contribution is 5.94. The van der Waals surface area contributed by atoms with E-state index in [0.717, 1.165) is 30.9 Å². The Morgan fingerprint density at radius 3 is 2.43 bits per heavy atom. The first-order chi connectivity index (χ1) is 17.1. The number of fused-ring (bicyclic) bond motifs is 1. The number of morpholine rings is 1. The summed E-state index contributed by atoms with van der Waals surface area (Å²) in [5, 5.41) is 0. The number of ether oxygens (including phenoxy) is 2. The molecule has 35 heavy (non-hydrogen) atoms. The minimum atomic E-state index is -0.119. The highest BCUT2D eigenvalue weighted by Crippen LogP contribution is 2.16. The molecule has 182 valence electrons. The normalized spacial score (nSPS) is 19.1. The Labute approximate surface area is 204 Å². The third kappa shape index (κ3) is 5.26. The van der Waals surface area contributed by atoms with Gasteiger partial charge in [0.15, 0.2) is 0 Å². The molecule has 0 bridgehead atoms. The lowest BCUT2D eigenvalue weighted by Crippen LogP contribution is -2.54. The number of hydrogen-bond donors (Lipinski definition) is 0. The molecule has 2 amide bonds. The number of hydrogen-bond acceptors (Lipinski definition) is 7. The predicted molar refractivity (Wildman–Crippen MR) is 131 cm³/mol. The molecule has 0 radical (unpaired) electrons. The molecule has 5 rings (SSSR count). The fraction of sp³-hybridized carbons (Fsp3) is 0.385. The molecule has 9 nitrogen and oxygen atoms in total. The van der Waals surface area contributed by atoms with Crippen LogP contribution in [0.15, 0.2) is 54.7 Å². The standard InChI is InChI=1S/C26H29N5O4/c1-34-20-8-6-19(7-9-20)25(32)30-12-10-29(11-13-30)17-21-18-31(14-15-35-21)26(33)24-16-27-22-4-2-3-5-23(22)28-24/h2-9,16,21H,10-15,17-18H2,1H3/t21-/m1/s1. The largest absolute Gasteiger partial charge is 0.497 e. The molecule has 0 aliphatic carbocycles. The summed E-state index contributed by atoms with van der Waals surface area (Å²) in [7, 11) is 1.61. The van der Waals surface area contributed by atoms with Crippen LogP contribution in [0.3, 0.4) is 0 Å². The molecule has 9 heteroatoms. The topological polar surface area (TPSA) is 88.1 Å². The van der Waals surface area contributed by atoms with E-state index < -0.39 is 0 Å². The maximum absolute atomic E-state index is 13.1. The Bertz CT molecular complexity index is 1190. The van der Waals surface area contributed by atoms with Crippen molar-refractivity contribution in [2.45, 2.75) is 6.10 Å². The zero-order valence-electron chi connectivity index (χ0n) is 19.8. The van der Waals surface area contributed by atoms with Crippen molar-refractivity contribution in [1.82, 2.24) is 24.7 Å². The average molecular weight is 476 g/mol. The van der Waals surface area contributed by atoms with Gasteiger partial charge in [-0.15, -0.1) is 0 Å². The highest BCUT2D eigenvalue weighted by atomic mass is 16.5. The number of nitrogens with zero attached hydrogens (tertiary/aromatic N) is 5. The van der Waals surface area contributed by atoms with Crippen LogP contribution >= 0.6 is 0 Å². The Kier molecular flexibility index (Phi) is 6.87. The van der Waals surface area contributed by atoms with Crippen molar-refractivity contribution in [3.8, 4) is 5.75 Å². The van der Waals surface area contributed by atoms with Crippen molar-refractivity contribution in [2.24, 2.45) is 0 Å². The SMILES string of the molecule is COc1ccc(C(=O)N2CCN(C[C@@H]3CN(C(=O)c4cnc5ccccc5n4)CCO3)CC2)cc1. The van der Waals surface area contributed by atoms with Crippen LogP contribution in [0.1, 0.15) is 20.8 Å². The van der Waals surface area contributed by atoms with Crippen LogP contribution in [0.25, 0.3) is 11.0 Å². The van der Waals surface area contributed by atoms with Crippen LogP contribution in [0.2, 0.25) is 0 Å². The second kappa shape index (κ2) is 10.4. The lowest BCUT2D eigenvalue weighted by Gasteiger charge is -2.39. The van der Waals surface area contributed by atoms with E-state index in [2.05, 4.69) is 14.9 Å². The Hall–Kier alpha value is -3.56. The molecule has 3 aromatic rings. The number of carbonyl (C=O) groups is 2. The zero-order valence-corrected chi connectivity index (χ0v) is 19.8. The first-order valence-corrected chi connectivity index (χ1v) is 11.9. The van der Waals surface area contributed by atoms with Gasteiger partial charge in [0, 0.05) is 51.4 Å². The van der Waals surface area contributed by atoms with E-state index in [1.54, 1.807) is 42.5 Å². The molecule has 0 saturated carbocycles. The van der Waals surface area contributed by atoms with E-state index in [9.17, 15) is 9.59 Å². The molecular weight excluding hydrogens is 446 g/mol. The van der Waals surface area contributed by atoms with E-state index in [1.165, 1.54) is 0 Å². The van der Waals surface area contributed by atoms with Crippen LogP contribution < -0.4 is 4.74 Å². The molecule has 0 spiro atoms. The molecule has 2 aliphatic rings. The van der Waals surface area contributed by atoms with Gasteiger partial charge in [-0.3, -0.25) is 19.5 Å². The smallest absolute Gasteiger partial charge is 0.274 e. The fourth-order valence-corrected chi connectivity index (χ4v) is 4.57. The number of methoxy groups -OCH3 is 1. The minimum Gasteiger partial charge on any atom is -0.497 e. The number of amides is 2. The molecule has 2 saturated heterocycles. The number of para-hydroxylation sites is 2.